The molecule has 1 aromatic carbocycles. The van der Waals surface area contributed by atoms with Crippen LogP contribution in [0.4, 0.5) is 0 Å². The summed E-state index contributed by atoms with van der Waals surface area (Å²) in [6.45, 7) is 5.67. The van der Waals surface area contributed by atoms with Gasteiger partial charge in [-0.25, -0.2) is 4.79 Å². The standard InChI is InChI=1S/C14H12O3/c1-7-4-10-5-11-8(2)6-16-13(11)9(3)12(10)17-14(7)15/h4-6H,1-3H3. The first kappa shape index (κ1) is 10.1. The van der Waals surface area contributed by atoms with E-state index in [9.17, 15) is 4.79 Å². The Kier molecular flexibility index (Phi) is 1.93. The fourth-order valence-electron chi connectivity index (χ4n) is 2.17. The SMILES string of the molecule is Cc1cc2cc3c(C)coc3c(C)c2oc1=O. The van der Waals surface area contributed by atoms with Gasteiger partial charge in [-0.3, -0.25) is 0 Å². The second kappa shape index (κ2) is 3.23. The summed E-state index contributed by atoms with van der Waals surface area (Å²) in [5, 5.41) is 2.01. The summed E-state index contributed by atoms with van der Waals surface area (Å²) >= 11 is 0. The maximum absolute atomic E-state index is 11.5. The lowest BCUT2D eigenvalue weighted by Gasteiger charge is -2.03. The molecular weight excluding hydrogens is 216 g/mol. The molecule has 2 heterocycles. The van der Waals surface area contributed by atoms with Crippen LogP contribution in [0.2, 0.25) is 0 Å². The van der Waals surface area contributed by atoms with E-state index in [1.54, 1.807) is 13.2 Å². The minimum Gasteiger partial charge on any atom is -0.464 e. The van der Waals surface area contributed by atoms with Gasteiger partial charge in [0.05, 0.1) is 6.26 Å². The van der Waals surface area contributed by atoms with Crippen molar-refractivity contribution in [3.8, 4) is 0 Å². The molecule has 3 rings (SSSR count). The Morgan fingerprint density at radius 2 is 1.76 bits per heavy atom. The van der Waals surface area contributed by atoms with E-state index >= 15 is 0 Å². The van der Waals surface area contributed by atoms with E-state index in [2.05, 4.69) is 0 Å². The largest absolute Gasteiger partial charge is 0.464 e. The zero-order valence-electron chi connectivity index (χ0n) is 9.96. The van der Waals surface area contributed by atoms with Crippen LogP contribution in [0.5, 0.6) is 0 Å². The molecule has 0 spiro atoms. The molecule has 0 fully saturated rings. The Hall–Kier alpha value is -2.03. The highest BCUT2D eigenvalue weighted by molar-refractivity contribution is 5.98. The lowest BCUT2D eigenvalue weighted by atomic mass is 10.1. The second-order valence-electron chi connectivity index (χ2n) is 4.43. The van der Waals surface area contributed by atoms with Gasteiger partial charge in [-0.05, 0) is 38.5 Å². The molecule has 0 aliphatic heterocycles. The van der Waals surface area contributed by atoms with Crippen molar-refractivity contribution in [1.82, 2.24) is 0 Å². The van der Waals surface area contributed by atoms with Gasteiger partial charge < -0.3 is 8.83 Å². The Bertz CT molecular complexity index is 790. The average molecular weight is 228 g/mol. The average Bonchev–Trinajstić information content (AvgIpc) is 2.65. The molecule has 17 heavy (non-hydrogen) atoms. The van der Waals surface area contributed by atoms with E-state index in [4.69, 9.17) is 8.83 Å². The Morgan fingerprint density at radius 1 is 1.00 bits per heavy atom. The van der Waals surface area contributed by atoms with E-state index in [0.717, 1.165) is 27.5 Å². The lowest BCUT2D eigenvalue weighted by Crippen LogP contribution is -2.02. The van der Waals surface area contributed by atoms with E-state index < -0.39 is 0 Å². The lowest BCUT2D eigenvalue weighted by molar-refractivity contribution is 0.550. The van der Waals surface area contributed by atoms with Gasteiger partial charge in [0.25, 0.3) is 0 Å². The summed E-state index contributed by atoms with van der Waals surface area (Å²) in [4.78, 5) is 11.5. The van der Waals surface area contributed by atoms with Crippen LogP contribution in [0, 0.1) is 20.8 Å². The van der Waals surface area contributed by atoms with Crippen LogP contribution in [0.15, 0.2) is 32.0 Å². The minimum absolute atomic E-state index is 0.289. The smallest absolute Gasteiger partial charge is 0.339 e. The highest BCUT2D eigenvalue weighted by Gasteiger charge is 2.12. The molecule has 0 atom stereocenters. The second-order valence-corrected chi connectivity index (χ2v) is 4.43. The van der Waals surface area contributed by atoms with Crippen molar-refractivity contribution in [2.75, 3.05) is 0 Å². The third kappa shape index (κ3) is 1.32. The minimum atomic E-state index is -0.289. The first-order valence-corrected chi connectivity index (χ1v) is 5.50. The van der Waals surface area contributed by atoms with Crippen molar-refractivity contribution in [2.24, 2.45) is 0 Å². The monoisotopic (exact) mass is 228 g/mol. The quantitative estimate of drug-likeness (QED) is 0.553. The molecule has 0 saturated heterocycles. The highest BCUT2D eigenvalue weighted by atomic mass is 16.4. The Labute approximate surface area is 97.7 Å². The van der Waals surface area contributed by atoms with Gasteiger partial charge in [0, 0.05) is 21.9 Å². The van der Waals surface area contributed by atoms with Crippen LogP contribution in [0.3, 0.4) is 0 Å². The van der Waals surface area contributed by atoms with Gasteiger partial charge in [0.1, 0.15) is 11.2 Å². The van der Waals surface area contributed by atoms with Crippen LogP contribution < -0.4 is 5.63 Å². The van der Waals surface area contributed by atoms with E-state index in [1.807, 2.05) is 26.0 Å². The van der Waals surface area contributed by atoms with Gasteiger partial charge in [0.15, 0.2) is 0 Å². The van der Waals surface area contributed by atoms with Gasteiger partial charge in [0.2, 0.25) is 0 Å². The zero-order chi connectivity index (χ0) is 12.2. The molecule has 0 saturated carbocycles. The van der Waals surface area contributed by atoms with Crippen LogP contribution in [-0.2, 0) is 0 Å². The molecular formula is C14H12O3. The molecule has 86 valence electrons. The predicted molar refractivity (Wildman–Crippen MR) is 66.5 cm³/mol. The van der Waals surface area contributed by atoms with Crippen molar-refractivity contribution in [3.05, 3.63) is 45.5 Å². The summed E-state index contributed by atoms with van der Waals surface area (Å²) in [6, 6.07) is 3.87. The number of furan rings is 1. The topological polar surface area (TPSA) is 43.4 Å². The molecule has 3 nitrogen and oxygen atoms in total. The Balaban J connectivity index is 2.61. The third-order valence-corrected chi connectivity index (χ3v) is 3.15. The Morgan fingerprint density at radius 3 is 2.53 bits per heavy atom. The number of hydrogen-bond acceptors (Lipinski definition) is 3. The zero-order valence-corrected chi connectivity index (χ0v) is 9.96. The van der Waals surface area contributed by atoms with Crippen molar-refractivity contribution in [2.45, 2.75) is 20.8 Å². The van der Waals surface area contributed by atoms with Crippen LogP contribution >= 0.6 is 0 Å². The van der Waals surface area contributed by atoms with Crippen LogP contribution in [0.25, 0.3) is 21.9 Å². The fourth-order valence-corrected chi connectivity index (χ4v) is 2.17. The fraction of sp³-hybridized carbons (Fsp3) is 0.214. The molecule has 2 aromatic heterocycles. The van der Waals surface area contributed by atoms with E-state index in [1.165, 1.54) is 0 Å². The molecule has 0 aliphatic rings. The van der Waals surface area contributed by atoms with Gasteiger partial charge in [-0.15, -0.1) is 0 Å². The van der Waals surface area contributed by atoms with Crippen molar-refractivity contribution >= 4 is 21.9 Å². The molecule has 3 aromatic rings. The maximum Gasteiger partial charge on any atom is 0.339 e. The third-order valence-electron chi connectivity index (χ3n) is 3.15. The predicted octanol–water partition coefficient (Wildman–Crippen LogP) is 3.46. The molecule has 3 heteroatoms. The van der Waals surface area contributed by atoms with Gasteiger partial charge in [-0.2, -0.15) is 0 Å². The molecule has 0 N–H and O–H groups in total. The summed E-state index contributed by atoms with van der Waals surface area (Å²) in [5.41, 5.74) is 3.71. The molecule has 0 bridgehead atoms. The molecule has 0 aliphatic carbocycles. The number of hydrogen-bond donors (Lipinski definition) is 0. The van der Waals surface area contributed by atoms with Crippen molar-refractivity contribution < 1.29 is 8.83 Å². The highest BCUT2D eigenvalue weighted by Crippen LogP contribution is 2.30. The van der Waals surface area contributed by atoms with Gasteiger partial charge >= 0.3 is 5.63 Å². The first-order chi connectivity index (χ1) is 8.08. The maximum atomic E-state index is 11.5. The number of benzene rings is 1. The summed E-state index contributed by atoms with van der Waals surface area (Å²) < 4.78 is 10.8. The van der Waals surface area contributed by atoms with Crippen LogP contribution in [-0.4, -0.2) is 0 Å². The van der Waals surface area contributed by atoms with E-state index in [-0.39, 0.29) is 5.63 Å². The normalized spacial score (nSPS) is 11.5. The number of fused-ring (bicyclic) bond motifs is 2. The van der Waals surface area contributed by atoms with Gasteiger partial charge in [-0.1, -0.05) is 0 Å². The molecule has 0 amide bonds. The summed E-state index contributed by atoms with van der Waals surface area (Å²) in [5.74, 6) is 0. The number of aryl methyl sites for hydroxylation is 3. The first-order valence-electron chi connectivity index (χ1n) is 5.50. The summed E-state index contributed by atoms with van der Waals surface area (Å²) in [7, 11) is 0. The van der Waals surface area contributed by atoms with Crippen molar-refractivity contribution in [3.63, 3.8) is 0 Å². The van der Waals surface area contributed by atoms with Crippen molar-refractivity contribution in [1.29, 1.82) is 0 Å². The van der Waals surface area contributed by atoms with E-state index in [0.29, 0.717) is 11.1 Å². The van der Waals surface area contributed by atoms with Crippen LogP contribution in [0.1, 0.15) is 16.7 Å². The molecule has 0 unspecified atom stereocenters. The summed E-state index contributed by atoms with van der Waals surface area (Å²) in [6.07, 6.45) is 1.72. The number of rotatable bonds is 0. The molecule has 0 radical (unpaired) electrons.